The first kappa shape index (κ1) is 24.9. The number of carboxylic acid groups (broad SMARTS) is 2. The number of hydrogen-bond acceptors (Lipinski definition) is 5. The molecule has 1 unspecified atom stereocenters. The summed E-state index contributed by atoms with van der Waals surface area (Å²) in [6.45, 7) is 3.90. The molecule has 2 N–H and O–H groups in total. The zero-order valence-corrected chi connectivity index (χ0v) is 19.0. The predicted molar refractivity (Wildman–Crippen MR) is 127 cm³/mol. The molecular formula is C26H29N3O5. The van der Waals surface area contributed by atoms with Crippen LogP contribution in [-0.4, -0.2) is 59.1 Å². The summed E-state index contributed by atoms with van der Waals surface area (Å²) >= 11 is 0. The van der Waals surface area contributed by atoms with Crippen molar-refractivity contribution in [3.8, 4) is 6.07 Å². The summed E-state index contributed by atoms with van der Waals surface area (Å²) in [5, 5.41) is 24.2. The third kappa shape index (κ3) is 6.42. The van der Waals surface area contributed by atoms with E-state index in [1.165, 1.54) is 11.1 Å². The summed E-state index contributed by atoms with van der Waals surface area (Å²) in [7, 11) is 0. The van der Waals surface area contributed by atoms with Crippen molar-refractivity contribution in [1.29, 1.82) is 5.26 Å². The van der Waals surface area contributed by atoms with E-state index in [0.29, 0.717) is 12.3 Å². The molecule has 2 saturated heterocycles. The van der Waals surface area contributed by atoms with Crippen LogP contribution in [0.4, 0.5) is 5.69 Å². The number of carbonyl (C=O) groups excluding carboxylic acids is 1. The number of benzene rings is 2. The van der Waals surface area contributed by atoms with E-state index in [1.807, 2.05) is 29.2 Å². The van der Waals surface area contributed by atoms with Crippen LogP contribution in [0.3, 0.4) is 0 Å². The Morgan fingerprint density at radius 3 is 2.41 bits per heavy atom. The van der Waals surface area contributed by atoms with Crippen molar-refractivity contribution in [2.75, 3.05) is 31.1 Å². The molecule has 2 aliphatic rings. The van der Waals surface area contributed by atoms with Crippen LogP contribution in [0.25, 0.3) is 0 Å². The molecule has 8 heteroatoms. The number of aliphatic carboxylic acids is 2. The van der Waals surface area contributed by atoms with Crippen LogP contribution >= 0.6 is 0 Å². The molecule has 0 aromatic heterocycles. The number of likely N-dealkylation sites (tertiary alicyclic amines) is 1. The fourth-order valence-electron chi connectivity index (χ4n) is 4.57. The van der Waals surface area contributed by atoms with Gasteiger partial charge in [-0.25, -0.2) is 9.59 Å². The SMILES string of the molecule is N#Cc1ccccc1C1CCN(CCc2ccccc2N2CCCCC2=O)C1.O=C(O)C(=O)O. The molecule has 0 saturated carbocycles. The van der Waals surface area contributed by atoms with Gasteiger partial charge in [0, 0.05) is 31.7 Å². The van der Waals surface area contributed by atoms with Gasteiger partial charge in [0.2, 0.25) is 5.91 Å². The van der Waals surface area contributed by atoms with Crippen LogP contribution in [-0.2, 0) is 20.8 Å². The number of anilines is 1. The van der Waals surface area contributed by atoms with Crippen LogP contribution in [0.2, 0.25) is 0 Å². The molecule has 0 bridgehead atoms. The van der Waals surface area contributed by atoms with Gasteiger partial charge in [0.25, 0.3) is 0 Å². The number of para-hydroxylation sites is 1. The Labute approximate surface area is 199 Å². The van der Waals surface area contributed by atoms with Crippen LogP contribution in [0.5, 0.6) is 0 Å². The van der Waals surface area contributed by atoms with Crippen molar-refractivity contribution in [2.45, 2.75) is 38.0 Å². The molecular weight excluding hydrogens is 434 g/mol. The molecule has 0 aliphatic carbocycles. The average molecular weight is 464 g/mol. The molecule has 1 atom stereocenters. The Balaban J connectivity index is 0.000000481. The monoisotopic (exact) mass is 463 g/mol. The minimum Gasteiger partial charge on any atom is -0.473 e. The van der Waals surface area contributed by atoms with E-state index in [-0.39, 0.29) is 5.91 Å². The van der Waals surface area contributed by atoms with Crippen LogP contribution < -0.4 is 4.90 Å². The lowest BCUT2D eigenvalue weighted by Gasteiger charge is -2.29. The maximum absolute atomic E-state index is 12.4. The highest BCUT2D eigenvalue weighted by molar-refractivity contribution is 6.27. The molecule has 34 heavy (non-hydrogen) atoms. The second kappa shape index (κ2) is 12.0. The minimum atomic E-state index is -1.82. The lowest BCUT2D eigenvalue weighted by Crippen LogP contribution is -2.36. The zero-order valence-electron chi connectivity index (χ0n) is 19.0. The lowest BCUT2D eigenvalue weighted by molar-refractivity contribution is -0.159. The first-order valence-electron chi connectivity index (χ1n) is 11.5. The predicted octanol–water partition coefficient (Wildman–Crippen LogP) is 3.26. The molecule has 2 fully saturated rings. The van der Waals surface area contributed by atoms with Gasteiger partial charge in [0.1, 0.15) is 0 Å². The summed E-state index contributed by atoms with van der Waals surface area (Å²) in [4.78, 5) is 35.0. The van der Waals surface area contributed by atoms with Crippen molar-refractivity contribution in [2.24, 2.45) is 0 Å². The normalized spacial score (nSPS) is 18.0. The molecule has 0 radical (unpaired) electrons. The lowest BCUT2D eigenvalue weighted by atomic mass is 9.94. The summed E-state index contributed by atoms with van der Waals surface area (Å²) in [6.07, 6.45) is 4.82. The standard InChI is InChI=1S/C24H27N3O.C2H2O4/c25-17-20-8-1-3-9-22(20)21-13-16-26(18-21)15-12-19-7-2-4-10-23(19)27-14-6-5-11-24(27)28;3-1(4)2(5)6/h1-4,7-10,21H,5-6,11-16,18H2;(H,3,4)(H,5,6). The third-order valence-corrected chi connectivity index (χ3v) is 6.28. The van der Waals surface area contributed by atoms with Crippen molar-refractivity contribution < 1.29 is 24.6 Å². The van der Waals surface area contributed by atoms with Crippen LogP contribution in [0.15, 0.2) is 48.5 Å². The number of piperidine rings is 1. The van der Waals surface area contributed by atoms with Gasteiger partial charge in [-0.3, -0.25) is 4.79 Å². The Morgan fingerprint density at radius 1 is 1.00 bits per heavy atom. The number of hydrogen-bond donors (Lipinski definition) is 2. The Bertz CT molecular complexity index is 1070. The van der Waals surface area contributed by atoms with Gasteiger partial charge in [0.05, 0.1) is 11.6 Å². The number of nitrogens with zero attached hydrogens (tertiary/aromatic N) is 3. The second-order valence-electron chi connectivity index (χ2n) is 8.48. The highest BCUT2D eigenvalue weighted by Gasteiger charge is 2.26. The van der Waals surface area contributed by atoms with Gasteiger partial charge < -0.3 is 20.0 Å². The minimum absolute atomic E-state index is 0.257. The molecule has 1 amide bonds. The molecule has 8 nitrogen and oxygen atoms in total. The van der Waals surface area contributed by atoms with Crippen molar-refractivity contribution in [1.82, 2.24) is 4.90 Å². The van der Waals surface area contributed by atoms with Gasteiger partial charge in [-0.1, -0.05) is 36.4 Å². The average Bonchev–Trinajstić information content (AvgIpc) is 3.32. The van der Waals surface area contributed by atoms with E-state index >= 15 is 0 Å². The number of nitriles is 1. The molecule has 2 aromatic rings. The van der Waals surface area contributed by atoms with Gasteiger partial charge in [-0.15, -0.1) is 0 Å². The Morgan fingerprint density at radius 2 is 1.71 bits per heavy atom. The third-order valence-electron chi connectivity index (χ3n) is 6.28. The summed E-state index contributed by atoms with van der Waals surface area (Å²) in [5.41, 5.74) is 4.35. The number of carboxylic acids is 2. The van der Waals surface area contributed by atoms with E-state index in [4.69, 9.17) is 19.8 Å². The quantitative estimate of drug-likeness (QED) is 0.653. The highest BCUT2D eigenvalue weighted by atomic mass is 16.4. The van der Waals surface area contributed by atoms with Gasteiger partial charge in [-0.05, 0) is 61.4 Å². The van der Waals surface area contributed by atoms with E-state index < -0.39 is 11.9 Å². The molecule has 2 aliphatic heterocycles. The summed E-state index contributed by atoms with van der Waals surface area (Å²) < 4.78 is 0. The highest BCUT2D eigenvalue weighted by Crippen LogP contribution is 2.30. The van der Waals surface area contributed by atoms with Crippen LogP contribution in [0.1, 0.15) is 48.3 Å². The fourth-order valence-corrected chi connectivity index (χ4v) is 4.57. The first-order valence-corrected chi connectivity index (χ1v) is 11.5. The van der Waals surface area contributed by atoms with E-state index in [0.717, 1.165) is 63.1 Å². The maximum atomic E-state index is 12.4. The number of amides is 1. The van der Waals surface area contributed by atoms with Crippen molar-refractivity contribution in [3.63, 3.8) is 0 Å². The number of rotatable bonds is 5. The van der Waals surface area contributed by atoms with Gasteiger partial charge in [0.15, 0.2) is 0 Å². The van der Waals surface area contributed by atoms with E-state index in [2.05, 4.69) is 35.2 Å². The molecule has 0 spiro atoms. The summed E-state index contributed by atoms with van der Waals surface area (Å²) in [6, 6.07) is 18.7. The maximum Gasteiger partial charge on any atom is 0.414 e. The second-order valence-corrected chi connectivity index (χ2v) is 8.48. The largest absolute Gasteiger partial charge is 0.473 e. The molecule has 4 rings (SSSR count). The van der Waals surface area contributed by atoms with Crippen molar-refractivity contribution in [3.05, 3.63) is 65.2 Å². The van der Waals surface area contributed by atoms with Crippen molar-refractivity contribution >= 4 is 23.5 Å². The molecule has 178 valence electrons. The topological polar surface area (TPSA) is 122 Å². The van der Waals surface area contributed by atoms with Crippen LogP contribution in [0, 0.1) is 11.3 Å². The smallest absolute Gasteiger partial charge is 0.414 e. The Hall–Kier alpha value is -3.70. The number of carbonyl (C=O) groups is 3. The fraction of sp³-hybridized carbons (Fsp3) is 0.385. The molecule has 2 aromatic carbocycles. The first-order chi connectivity index (χ1) is 16.4. The molecule has 2 heterocycles. The zero-order chi connectivity index (χ0) is 24.5. The Kier molecular flexibility index (Phi) is 8.77. The van der Waals surface area contributed by atoms with E-state index in [9.17, 15) is 10.1 Å². The van der Waals surface area contributed by atoms with E-state index in [1.54, 1.807) is 0 Å². The van der Waals surface area contributed by atoms with Gasteiger partial charge >= 0.3 is 11.9 Å². The summed E-state index contributed by atoms with van der Waals surface area (Å²) in [5.74, 6) is -2.95. The van der Waals surface area contributed by atoms with Gasteiger partial charge in [-0.2, -0.15) is 5.26 Å².